The highest BCUT2D eigenvalue weighted by molar-refractivity contribution is 5.87. The summed E-state index contributed by atoms with van der Waals surface area (Å²) in [7, 11) is 0. The van der Waals surface area contributed by atoms with Gasteiger partial charge in [0.1, 0.15) is 0 Å². The Hall–Kier alpha value is -1.10. The Morgan fingerprint density at radius 2 is 1.95 bits per heavy atom. The zero-order valence-electron chi connectivity index (χ0n) is 12.6. The summed E-state index contributed by atoms with van der Waals surface area (Å²) in [5.74, 6) is -0.654. The molecule has 2 aliphatic heterocycles. The molecule has 0 aromatic rings. The first-order valence-corrected chi connectivity index (χ1v) is 7.77. The van der Waals surface area contributed by atoms with Gasteiger partial charge >= 0.3 is 5.97 Å². The minimum absolute atomic E-state index is 0.108. The molecule has 0 saturated carbocycles. The second-order valence-corrected chi connectivity index (χ2v) is 6.24. The predicted octanol–water partition coefficient (Wildman–Crippen LogP) is 1.62. The van der Waals surface area contributed by atoms with Crippen molar-refractivity contribution in [1.29, 1.82) is 0 Å². The molecule has 0 aliphatic carbocycles. The van der Waals surface area contributed by atoms with Crippen molar-refractivity contribution in [2.45, 2.75) is 57.9 Å². The van der Waals surface area contributed by atoms with Gasteiger partial charge < -0.3 is 15.3 Å². The molecule has 0 aromatic carbocycles. The molecule has 5 heteroatoms. The summed E-state index contributed by atoms with van der Waals surface area (Å²) in [6.45, 7) is 5.87. The first-order valence-electron chi connectivity index (χ1n) is 7.77. The van der Waals surface area contributed by atoms with E-state index in [9.17, 15) is 14.7 Å². The third-order valence-electron chi connectivity index (χ3n) is 5.25. The molecular weight excluding hydrogens is 256 g/mol. The zero-order valence-corrected chi connectivity index (χ0v) is 12.6. The molecule has 0 radical (unpaired) electrons. The highest BCUT2D eigenvalue weighted by Crippen LogP contribution is 2.36. The molecular formula is C15H26N2O3. The summed E-state index contributed by atoms with van der Waals surface area (Å²) in [5, 5.41) is 12.9. The standard InChI is InChI=1S/C15H26N2O3/c1-3-14(13(19)20)7-6-10-17(11-14)12(18)15(4-2)8-5-9-16-15/h16H,3-11H2,1-2H3,(H,19,20). The SMILES string of the molecule is CCC1(C(=O)O)CCCN(C(=O)C2(CC)CCCN2)C1. The van der Waals surface area contributed by atoms with Crippen LogP contribution in [0.15, 0.2) is 0 Å². The van der Waals surface area contributed by atoms with Gasteiger partial charge in [0, 0.05) is 13.1 Å². The summed E-state index contributed by atoms with van der Waals surface area (Å²) in [5.41, 5.74) is -1.20. The molecule has 1 amide bonds. The van der Waals surface area contributed by atoms with Crippen LogP contribution in [-0.4, -0.2) is 47.1 Å². The molecule has 5 nitrogen and oxygen atoms in total. The Morgan fingerprint density at radius 3 is 2.45 bits per heavy atom. The van der Waals surface area contributed by atoms with Gasteiger partial charge in [-0.1, -0.05) is 13.8 Å². The van der Waals surface area contributed by atoms with Gasteiger partial charge in [-0.25, -0.2) is 0 Å². The van der Waals surface area contributed by atoms with Gasteiger partial charge in [0.25, 0.3) is 0 Å². The van der Waals surface area contributed by atoms with Gasteiger partial charge in [-0.2, -0.15) is 0 Å². The predicted molar refractivity (Wildman–Crippen MR) is 76.4 cm³/mol. The molecule has 114 valence electrons. The number of carbonyl (C=O) groups is 2. The quantitative estimate of drug-likeness (QED) is 0.822. The van der Waals surface area contributed by atoms with Crippen molar-refractivity contribution >= 4 is 11.9 Å². The number of carbonyl (C=O) groups excluding carboxylic acids is 1. The summed E-state index contributed by atoms with van der Waals surface area (Å²) in [4.78, 5) is 26.2. The van der Waals surface area contributed by atoms with Crippen LogP contribution in [-0.2, 0) is 9.59 Å². The average Bonchev–Trinajstić information content (AvgIpc) is 2.96. The van der Waals surface area contributed by atoms with Crippen LogP contribution in [0.5, 0.6) is 0 Å². The fraction of sp³-hybridized carbons (Fsp3) is 0.867. The van der Waals surface area contributed by atoms with E-state index in [4.69, 9.17) is 0 Å². The van der Waals surface area contributed by atoms with E-state index in [0.717, 1.165) is 32.2 Å². The van der Waals surface area contributed by atoms with Crippen LogP contribution < -0.4 is 5.32 Å². The maximum atomic E-state index is 12.9. The molecule has 2 fully saturated rings. The van der Waals surface area contributed by atoms with Crippen LogP contribution in [0, 0.1) is 5.41 Å². The van der Waals surface area contributed by atoms with Crippen LogP contribution >= 0.6 is 0 Å². The van der Waals surface area contributed by atoms with Gasteiger partial charge in [0.05, 0.1) is 11.0 Å². The van der Waals surface area contributed by atoms with Gasteiger partial charge in [0.15, 0.2) is 0 Å². The Bertz CT molecular complexity index is 391. The molecule has 0 aromatic heterocycles. The maximum Gasteiger partial charge on any atom is 0.311 e. The van der Waals surface area contributed by atoms with E-state index in [1.165, 1.54) is 0 Å². The van der Waals surface area contributed by atoms with E-state index >= 15 is 0 Å². The van der Waals surface area contributed by atoms with Crippen LogP contribution in [0.1, 0.15) is 52.4 Å². The summed E-state index contributed by atoms with van der Waals surface area (Å²) in [6, 6.07) is 0. The van der Waals surface area contributed by atoms with Crippen LogP contribution in [0.4, 0.5) is 0 Å². The lowest BCUT2D eigenvalue weighted by molar-refractivity contribution is -0.156. The van der Waals surface area contributed by atoms with Crippen molar-refractivity contribution in [1.82, 2.24) is 10.2 Å². The van der Waals surface area contributed by atoms with Crippen molar-refractivity contribution in [3.05, 3.63) is 0 Å². The number of piperidine rings is 1. The van der Waals surface area contributed by atoms with E-state index in [-0.39, 0.29) is 5.91 Å². The van der Waals surface area contributed by atoms with Crippen LogP contribution in [0.25, 0.3) is 0 Å². The molecule has 0 bridgehead atoms. The first kappa shape index (κ1) is 15.3. The summed E-state index contributed by atoms with van der Waals surface area (Å²) in [6.07, 6.45) is 4.70. The van der Waals surface area contributed by atoms with Crippen molar-refractivity contribution < 1.29 is 14.7 Å². The second-order valence-electron chi connectivity index (χ2n) is 6.24. The molecule has 0 spiro atoms. The number of hydrogen-bond donors (Lipinski definition) is 2. The van der Waals surface area contributed by atoms with Crippen molar-refractivity contribution in [3.8, 4) is 0 Å². The van der Waals surface area contributed by atoms with Gasteiger partial charge in [-0.3, -0.25) is 9.59 Å². The third-order valence-corrected chi connectivity index (χ3v) is 5.25. The van der Waals surface area contributed by atoms with Gasteiger partial charge in [-0.15, -0.1) is 0 Å². The molecule has 2 N–H and O–H groups in total. The fourth-order valence-electron chi connectivity index (χ4n) is 3.66. The number of nitrogens with zero attached hydrogens (tertiary/aromatic N) is 1. The lowest BCUT2D eigenvalue weighted by atomic mass is 9.77. The van der Waals surface area contributed by atoms with E-state index in [0.29, 0.717) is 25.9 Å². The largest absolute Gasteiger partial charge is 0.481 e. The van der Waals surface area contributed by atoms with E-state index < -0.39 is 16.9 Å². The topological polar surface area (TPSA) is 69.6 Å². The highest BCUT2D eigenvalue weighted by atomic mass is 16.4. The second kappa shape index (κ2) is 5.72. The van der Waals surface area contributed by atoms with Gasteiger partial charge in [-0.05, 0) is 45.1 Å². The third kappa shape index (κ3) is 2.43. The zero-order chi connectivity index (χ0) is 14.8. The molecule has 2 heterocycles. The minimum Gasteiger partial charge on any atom is -0.481 e. The lowest BCUT2D eigenvalue weighted by Gasteiger charge is -2.43. The number of likely N-dealkylation sites (tertiary alicyclic amines) is 1. The Kier molecular flexibility index (Phi) is 4.37. The molecule has 2 unspecified atom stereocenters. The maximum absolute atomic E-state index is 12.9. The van der Waals surface area contributed by atoms with Crippen molar-refractivity contribution in [3.63, 3.8) is 0 Å². The Balaban J connectivity index is 2.16. The summed E-state index contributed by atoms with van der Waals surface area (Å²) < 4.78 is 0. The lowest BCUT2D eigenvalue weighted by Crippen LogP contribution is -2.59. The Labute approximate surface area is 120 Å². The average molecular weight is 282 g/mol. The van der Waals surface area contributed by atoms with Gasteiger partial charge in [0.2, 0.25) is 5.91 Å². The number of hydrogen-bond acceptors (Lipinski definition) is 3. The molecule has 2 aliphatic rings. The van der Waals surface area contributed by atoms with Crippen molar-refractivity contribution in [2.75, 3.05) is 19.6 Å². The van der Waals surface area contributed by atoms with Crippen LogP contribution in [0.2, 0.25) is 0 Å². The van der Waals surface area contributed by atoms with E-state index in [1.54, 1.807) is 4.90 Å². The van der Waals surface area contributed by atoms with Crippen molar-refractivity contribution in [2.24, 2.45) is 5.41 Å². The number of carboxylic acids is 1. The highest BCUT2D eigenvalue weighted by Gasteiger charge is 2.47. The number of aliphatic carboxylic acids is 1. The number of carboxylic acid groups (broad SMARTS) is 1. The monoisotopic (exact) mass is 282 g/mol. The number of amides is 1. The Morgan fingerprint density at radius 1 is 1.20 bits per heavy atom. The number of nitrogens with one attached hydrogen (secondary N) is 1. The molecule has 2 atom stereocenters. The molecule has 2 rings (SSSR count). The molecule has 20 heavy (non-hydrogen) atoms. The normalized spacial score (nSPS) is 34.2. The smallest absolute Gasteiger partial charge is 0.311 e. The fourth-order valence-corrected chi connectivity index (χ4v) is 3.66. The van der Waals surface area contributed by atoms with Crippen LogP contribution in [0.3, 0.4) is 0 Å². The summed E-state index contributed by atoms with van der Waals surface area (Å²) >= 11 is 0. The molecule has 2 saturated heterocycles. The minimum atomic E-state index is -0.762. The first-order chi connectivity index (χ1) is 9.49. The van der Waals surface area contributed by atoms with E-state index in [2.05, 4.69) is 5.32 Å². The number of rotatable bonds is 4. The van der Waals surface area contributed by atoms with E-state index in [1.807, 2.05) is 13.8 Å².